The first-order valence-corrected chi connectivity index (χ1v) is 7.88. The Morgan fingerprint density at radius 2 is 1.56 bits per heavy atom. The van der Waals surface area contributed by atoms with Crippen LogP contribution >= 0.6 is 0 Å². The highest BCUT2D eigenvalue weighted by atomic mass is 16.5. The van der Waals surface area contributed by atoms with Crippen LogP contribution in [0, 0.1) is 0 Å². The number of fused-ring (bicyclic) bond motifs is 1. The number of methoxy groups -OCH3 is 4. The average Bonchev–Trinajstić information content (AvgIpc) is 2.65. The van der Waals surface area contributed by atoms with Gasteiger partial charge in [-0.3, -0.25) is 4.79 Å². The number of benzene rings is 2. The number of carbonyl (C=O) groups is 1. The van der Waals surface area contributed by atoms with Crippen LogP contribution in [0.25, 0.3) is 0 Å². The fourth-order valence-corrected chi connectivity index (χ4v) is 3.20. The minimum Gasteiger partial charge on any atom is -0.493 e. The van der Waals surface area contributed by atoms with Gasteiger partial charge < -0.3 is 24.3 Å². The van der Waals surface area contributed by atoms with E-state index in [4.69, 9.17) is 18.9 Å². The molecule has 0 aromatic heterocycles. The molecule has 0 aliphatic carbocycles. The number of nitrogens with one attached hydrogen (secondary N) is 1. The second-order valence-corrected chi connectivity index (χ2v) is 5.67. The van der Waals surface area contributed by atoms with E-state index in [1.165, 1.54) is 0 Å². The van der Waals surface area contributed by atoms with Crippen LogP contribution in [0.15, 0.2) is 30.3 Å². The summed E-state index contributed by atoms with van der Waals surface area (Å²) in [5.41, 5.74) is 2.69. The summed E-state index contributed by atoms with van der Waals surface area (Å²) in [6.45, 7) is 0. The first-order chi connectivity index (χ1) is 12.1. The van der Waals surface area contributed by atoms with E-state index in [2.05, 4.69) is 5.32 Å². The number of amides is 1. The summed E-state index contributed by atoms with van der Waals surface area (Å²) >= 11 is 0. The van der Waals surface area contributed by atoms with E-state index >= 15 is 0 Å². The zero-order chi connectivity index (χ0) is 18.0. The third kappa shape index (κ3) is 2.95. The molecule has 1 N–H and O–H groups in total. The molecule has 1 unspecified atom stereocenters. The van der Waals surface area contributed by atoms with Gasteiger partial charge in [0.1, 0.15) is 0 Å². The van der Waals surface area contributed by atoms with E-state index in [1.807, 2.05) is 30.3 Å². The molecule has 0 fully saturated rings. The van der Waals surface area contributed by atoms with Crippen molar-refractivity contribution in [1.29, 1.82) is 0 Å². The van der Waals surface area contributed by atoms with Crippen molar-refractivity contribution in [3.8, 4) is 23.0 Å². The second-order valence-electron chi connectivity index (χ2n) is 5.67. The molecule has 0 saturated carbocycles. The van der Waals surface area contributed by atoms with Crippen LogP contribution in [0.1, 0.15) is 22.7 Å². The molecule has 132 valence electrons. The second kappa shape index (κ2) is 6.93. The Balaban J connectivity index is 2.17. The predicted molar refractivity (Wildman–Crippen MR) is 92.8 cm³/mol. The first kappa shape index (κ1) is 17.0. The Bertz CT molecular complexity index is 803. The van der Waals surface area contributed by atoms with Gasteiger partial charge in [0, 0.05) is 5.56 Å². The van der Waals surface area contributed by atoms with Crippen molar-refractivity contribution in [1.82, 2.24) is 5.32 Å². The topological polar surface area (TPSA) is 66.0 Å². The highest BCUT2D eigenvalue weighted by molar-refractivity contribution is 5.83. The molecule has 0 saturated heterocycles. The van der Waals surface area contributed by atoms with Crippen LogP contribution < -0.4 is 24.3 Å². The highest BCUT2D eigenvalue weighted by Crippen LogP contribution is 2.43. The summed E-state index contributed by atoms with van der Waals surface area (Å²) in [7, 11) is 6.36. The molecule has 2 aromatic rings. The van der Waals surface area contributed by atoms with Crippen LogP contribution in [0.3, 0.4) is 0 Å². The number of rotatable bonds is 5. The molecular formula is C19H21NO5. The Morgan fingerprint density at radius 3 is 2.20 bits per heavy atom. The molecule has 6 heteroatoms. The molecule has 3 rings (SSSR count). The largest absolute Gasteiger partial charge is 0.493 e. The van der Waals surface area contributed by atoms with E-state index in [0.29, 0.717) is 29.4 Å². The van der Waals surface area contributed by atoms with E-state index < -0.39 is 0 Å². The van der Waals surface area contributed by atoms with Crippen LogP contribution in [-0.4, -0.2) is 34.3 Å². The fourth-order valence-electron chi connectivity index (χ4n) is 3.20. The molecular weight excluding hydrogens is 322 g/mol. The van der Waals surface area contributed by atoms with Gasteiger partial charge >= 0.3 is 0 Å². The zero-order valence-electron chi connectivity index (χ0n) is 14.7. The van der Waals surface area contributed by atoms with Crippen LogP contribution in [-0.2, 0) is 11.2 Å². The lowest BCUT2D eigenvalue weighted by molar-refractivity contribution is -0.121. The Kier molecular flexibility index (Phi) is 4.70. The monoisotopic (exact) mass is 343 g/mol. The maximum absolute atomic E-state index is 12.2. The average molecular weight is 343 g/mol. The van der Waals surface area contributed by atoms with E-state index in [9.17, 15) is 4.79 Å². The summed E-state index contributed by atoms with van der Waals surface area (Å²) in [6.07, 6.45) is 0.305. The lowest BCUT2D eigenvalue weighted by Crippen LogP contribution is -2.36. The summed E-state index contributed by atoms with van der Waals surface area (Å²) in [5.74, 6) is 2.44. The molecule has 0 radical (unpaired) electrons. The number of ether oxygens (including phenoxy) is 4. The van der Waals surface area contributed by atoms with Crippen molar-refractivity contribution in [3.05, 3.63) is 47.0 Å². The smallest absolute Gasteiger partial charge is 0.225 e. The van der Waals surface area contributed by atoms with E-state index in [1.54, 1.807) is 28.4 Å². The van der Waals surface area contributed by atoms with Gasteiger partial charge in [0.25, 0.3) is 0 Å². The van der Waals surface area contributed by atoms with Crippen LogP contribution in [0.4, 0.5) is 0 Å². The molecule has 1 aliphatic heterocycles. The summed E-state index contributed by atoms with van der Waals surface area (Å²) in [5, 5.41) is 3.03. The third-order valence-electron chi connectivity index (χ3n) is 4.36. The Hall–Kier alpha value is -2.89. The summed E-state index contributed by atoms with van der Waals surface area (Å²) < 4.78 is 21.7. The van der Waals surface area contributed by atoms with Crippen molar-refractivity contribution in [2.24, 2.45) is 0 Å². The maximum Gasteiger partial charge on any atom is 0.225 e. The van der Waals surface area contributed by atoms with Crippen molar-refractivity contribution >= 4 is 5.91 Å². The molecule has 6 nitrogen and oxygen atoms in total. The summed E-state index contributed by atoms with van der Waals surface area (Å²) in [6, 6.07) is 8.95. The third-order valence-corrected chi connectivity index (χ3v) is 4.36. The van der Waals surface area contributed by atoms with Gasteiger partial charge in [0.15, 0.2) is 23.0 Å². The minimum absolute atomic E-state index is 0.0421. The molecule has 1 amide bonds. The fraction of sp³-hybridized carbons (Fsp3) is 0.316. The summed E-state index contributed by atoms with van der Waals surface area (Å²) in [4.78, 5) is 12.2. The zero-order valence-corrected chi connectivity index (χ0v) is 14.7. The van der Waals surface area contributed by atoms with Crippen molar-refractivity contribution in [3.63, 3.8) is 0 Å². The van der Waals surface area contributed by atoms with E-state index in [-0.39, 0.29) is 11.9 Å². The predicted octanol–water partition coefficient (Wildman–Crippen LogP) is 2.48. The highest BCUT2D eigenvalue weighted by Gasteiger charge is 2.31. The van der Waals surface area contributed by atoms with Gasteiger partial charge in [-0.05, 0) is 29.3 Å². The maximum atomic E-state index is 12.2. The lowest BCUT2D eigenvalue weighted by Gasteiger charge is -2.29. The van der Waals surface area contributed by atoms with Crippen LogP contribution in [0.2, 0.25) is 0 Å². The first-order valence-electron chi connectivity index (χ1n) is 7.88. The standard InChI is InChI=1S/C19H21NO5/c1-22-13-7-6-12(9-15(13)24-3)18-17-11(10-16(21)20-18)5-8-14(23-2)19(17)25-4/h5-9,18H,10H2,1-4H3,(H,20,21). The number of hydrogen-bond acceptors (Lipinski definition) is 5. The Morgan fingerprint density at radius 1 is 0.880 bits per heavy atom. The normalized spacial score (nSPS) is 15.8. The van der Waals surface area contributed by atoms with Gasteiger partial charge in [0.2, 0.25) is 5.91 Å². The molecule has 25 heavy (non-hydrogen) atoms. The molecule has 1 atom stereocenters. The van der Waals surface area contributed by atoms with Gasteiger partial charge in [-0.2, -0.15) is 0 Å². The van der Waals surface area contributed by atoms with E-state index in [0.717, 1.165) is 16.7 Å². The SMILES string of the molecule is COc1ccc(C2NC(=O)Cc3ccc(OC)c(OC)c32)cc1OC. The van der Waals surface area contributed by atoms with Gasteiger partial charge in [0.05, 0.1) is 40.9 Å². The quantitative estimate of drug-likeness (QED) is 0.903. The van der Waals surface area contributed by atoms with Crippen LogP contribution in [0.5, 0.6) is 23.0 Å². The number of hydrogen-bond donors (Lipinski definition) is 1. The minimum atomic E-state index is -0.360. The van der Waals surface area contributed by atoms with Crippen molar-refractivity contribution < 1.29 is 23.7 Å². The van der Waals surface area contributed by atoms with Crippen molar-refractivity contribution in [2.45, 2.75) is 12.5 Å². The molecule has 2 aromatic carbocycles. The van der Waals surface area contributed by atoms with Crippen molar-refractivity contribution in [2.75, 3.05) is 28.4 Å². The molecule has 0 spiro atoms. The van der Waals surface area contributed by atoms with Gasteiger partial charge in [-0.1, -0.05) is 12.1 Å². The number of carbonyl (C=O) groups excluding carboxylic acids is 1. The Labute approximate surface area is 146 Å². The lowest BCUT2D eigenvalue weighted by atomic mass is 9.88. The van der Waals surface area contributed by atoms with Gasteiger partial charge in [-0.15, -0.1) is 0 Å². The molecule has 1 aliphatic rings. The molecule has 0 bridgehead atoms. The molecule has 1 heterocycles. The van der Waals surface area contributed by atoms with Gasteiger partial charge in [-0.25, -0.2) is 0 Å².